The van der Waals surface area contributed by atoms with Gasteiger partial charge in [-0.2, -0.15) is 5.10 Å². The van der Waals surface area contributed by atoms with Gasteiger partial charge >= 0.3 is 6.09 Å². The quantitative estimate of drug-likeness (QED) is 0.670. The van der Waals surface area contributed by atoms with Gasteiger partial charge in [0, 0.05) is 24.9 Å². The Balaban J connectivity index is 1.54. The molecular formula is C23H28N4O3. The van der Waals surface area contributed by atoms with Crippen LogP contribution in [-0.4, -0.2) is 38.0 Å². The van der Waals surface area contributed by atoms with Gasteiger partial charge in [-0.1, -0.05) is 12.1 Å². The summed E-state index contributed by atoms with van der Waals surface area (Å²) in [5, 5.41) is 16.5. The molecule has 1 aliphatic rings. The molecule has 7 nitrogen and oxygen atoms in total. The number of ether oxygens (including phenoxy) is 1. The Labute approximate surface area is 176 Å². The fourth-order valence-corrected chi connectivity index (χ4v) is 3.76. The first kappa shape index (κ1) is 20.3. The lowest BCUT2D eigenvalue weighted by Crippen LogP contribution is -2.32. The maximum Gasteiger partial charge on any atom is 0.407 e. The Morgan fingerprint density at radius 3 is 2.80 bits per heavy atom. The number of carbonyl (C=O) groups excluding carboxylic acids is 1. The molecule has 0 aliphatic heterocycles. The molecule has 1 aromatic carbocycles. The van der Waals surface area contributed by atoms with Gasteiger partial charge in [0.05, 0.1) is 11.2 Å². The molecule has 1 amide bonds. The van der Waals surface area contributed by atoms with Crippen LogP contribution in [0.2, 0.25) is 0 Å². The summed E-state index contributed by atoms with van der Waals surface area (Å²) in [7, 11) is 0. The summed E-state index contributed by atoms with van der Waals surface area (Å²) in [5.41, 5.74) is 5.59. The second-order valence-electron chi connectivity index (χ2n) is 8.99. The van der Waals surface area contributed by atoms with Gasteiger partial charge in [-0.3, -0.25) is 0 Å². The van der Waals surface area contributed by atoms with Crippen LogP contribution in [0.5, 0.6) is 0 Å². The van der Waals surface area contributed by atoms with Crippen LogP contribution < -0.4 is 5.32 Å². The van der Waals surface area contributed by atoms with Crippen LogP contribution in [0.3, 0.4) is 0 Å². The number of carbonyl (C=O) groups is 1. The van der Waals surface area contributed by atoms with E-state index in [1.165, 1.54) is 5.56 Å². The second-order valence-corrected chi connectivity index (χ2v) is 8.99. The van der Waals surface area contributed by atoms with Crippen molar-refractivity contribution in [3.63, 3.8) is 0 Å². The number of aliphatic hydroxyl groups excluding tert-OH is 1. The van der Waals surface area contributed by atoms with Crippen molar-refractivity contribution in [1.82, 2.24) is 19.9 Å². The molecule has 0 saturated heterocycles. The van der Waals surface area contributed by atoms with Crippen LogP contribution in [-0.2, 0) is 11.3 Å². The number of benzene rings is 1. The molecule has 1 saturated carbocycles. The highest BCUT2D eigenvalue weighted by Gasteiger charge is 2.38. The Hall–Kier alpha value is -2.93. The van der Waals surface area contributed by atoms with E-state index in [-0.39, 0.29) is 6.61 Å². The zero-order valence-electron chi connectivity index (χ0n) is 17.8. The standard InChI is InChI=1S/C23H28N4O3/c1-14-7-15(5-6-16(14)10-24-22(29)30-23(2,3)4)21-20-9-17(19-8-18(19)12-28)11-27(20)26-13-25-21/h5-7,9,11,13,18-19,28H,8,10,12H2,1-4H3,(H,24,29). The van der Waals surface area contributed by atoms with Crippen molar-refractivity contribution >= 4 is 11.6 Å². The molecule has 2 N–H and O–H groups in total. The van der Waals surface area contributed by atoms with Gasteiger partial charge in [0.2, 0.25) is 0 Å². The number of nitrogens with one attached hydrogen (secondary N) is 1. The Kier molecular flexibility index (Phi) is 5.24. The van der Waals surface area contributed by atoms with Gasteiger partial charge in [0.15, 0.2) is 0 Å². The molecular weight excluding hydrogens is 380 g/mol. The first-order chi connectivity index (χ1) is 14.2. The Bertz CT molecular complexity index is 1080. The van der Waals surface area contributed by atoms with Crippen molar-refractivity contribution in [2.45, 2.75) is 52.2 Å². The third kappa shape index (κ3) is 4.31. The van der Waals surface area contributed by atoms with Crippen molar-refractivity contribution < 1.29 is 14.6 Å². The van der Waals surface area contributed by atoms with Crippen LogP contribution in [0.25, 0.3) is 16.8 Å². The zero-order chi connectivity index (χ0) is 21.5. The van der Waals surface area contributed by atoms with E-state index in [1.807, 2.05) is 50.5 Å². The monoisotopic (exact) mass is 408 g/mol. The van der Waals surface area contributed by atoms with Crippen LogP contribution in [0.15, 0.2) is 36.8 Å². The molecule has 1 aliphatic carbocycles. The molecule has 2 unspecified atom stereocenters. The summed E-state index contributed by atoms with van der Waals surface area (Å²) < 4.78 is 7.16. The molecule has 158 valence electrons. The maximum atomic E-state index is 11.9. The Morgan fingerprint density at radius 2 is 2.13 bits per heavy atom. The molecule has 30 heavy (non-hydrogen) atoms. The first-order valence-electron chi connectivity index (χ1n) is 10.3. The van der Waals surface area contributed by atoms with Crippen molar-refractivity contribution in [3.05, 3.63) is 53.5 Å². The molecule has 2 atom stereocenters. The number of fused-ring (bicyclic) bond motifs is 1. The molecule has 0 bridgehead atoms. The van der Waals surface area contributed by atoms with Gasteiger partial charge in [-0.15, -0.1) is 0 Å². The number of hydrogen-bond donors (Lipinski definition) is 2. The third-order valence-corrected chi connectivity index (χ3v) is 5.45. The predicted octanol–water partition coefficient (Wildman–Crippen LogP) is 3.83. The number of nitrogens with zero attached hydrogens (tertiary/aromatic N) is 3. The molecule has 2 heterocycles. The smallest absolute Gasteiger partial charge is 0.407 e. The number of alkyl carbamates (subject to hydrolysis) is 1. The maximum absolute atomic E-state index is 11.9. The van der Waals surface area contributed by atoms with Crippen LogP contribution in [0, 0.1) is 12.8 Å². The first-order valence-corrected chi connectivity index (χ1v) is 10.3. The topological polar surface area (TPSA) is 88.8 Å². The van der Waals surface area contributed by atoms with Crippen molar-refractivity contribution in [1.29, 1.82) is 0 Å². The van der Waals surface area contributed by atoms with E-state index in [2.05, 4.69) is 27.5 Å². The van der Waals surface area contributed by atoms with E-state index in [4.69, 9.17) is 4.74 Å². The molecule has 4 rings (SSSR count). The fraction of sp³-hybridized carbons (Fsp3) is 0.435. The average Bonchev–Trinajstić information content (AvgIpc) is 3.34. The van der Waals surface area contributed by atoms with E-state index in [0.717, 1.165) is 34.3 Å². The van der Waals surface area contributed by atoms with Gasteiger partial charge in [-0.05, 0) is 74.8 Å². The molecule has 0 radical (unpaired) electrons. The molecule has 7 heteroatoms. The van der Waals surface area contributed by atoms with Gasteiger partial charge in [0.1, 0.15) is 11.9 Å². The van der Waals surface area contributed by atoms with Gasteiger partial charge in [0.25, 0.3) is 0 Å². The highest BCUT2D eigenvalue weighted by Crippen LogP contribution is 2.47. The Morgan fingerprint density at radius 1 is 1.33 bits per heavy atom. The van der Waals surface area contributed by atoms with Crippen LogP contribution >= 0.6 is 0 Å². The molecule has 0 spiro atoms. The van der Waals surface area contributed by atoms with E-state index < -0.39 is 11.7 Å². The summed E-state index contributed by atoms with van der Waals surface area (Å²) in [6.07, 6.45) is 4.20. The lowest BCUT2D eigenvalue weighted by atomic mass is 10.0. The summed E-state index contributed by atoms with van der Waals surface area (Å²) in [4.78, 5) is 16.4. The van der Waals surface area contributed by atoms with E-state index in [0.29, 0.717) is 18.4 Å². The SMILES string of the molecule is Cc1cc(-c2ncnn3cc(C4CC4CO)cc23)ccc1CNC(=O)OC(C)(C)C. The molecule has 3 aromatic rings. The highest BCUT2D eigenvalue weighted by molar-refractivity contribution is 5.78. The highest BCUT2D eigenvalue weighted by atomic mass is 16.6. The van der Waals surface area contributed by atoms with E-state index in [1.54, 1.807) is 6.33 Å². The largest absolute Gasteiger partial charge is 0.444 e. The van der Waals surface area contributed by atoms with Gasteiger partial charge < -0.3 is 15.2 Å². The third-order valence-electron chi connectivity index (χ3n) is 5.45. The number of rotatable bonds is 5. The predicted molar refractivity (Wildman–Crippen MR) is 114 cm³/mol. The number of aryl methyl sites for hydroxylation is 1. The minimum absolute atomic E-state index is 0.230. The van der Waals surface area contributed by atoms with Crippen LogP contribution in [0.1, 0.15) is 49.8 Å². The fourth-order valence-electron chi connectivity index (χ4n) is 3.76. The average molecular weight is 409 g/mol. The number of amides is 1. The van der Waals surface area contributed by atoms with Gasteiger partial charge in [-0.25, -0.2) is 14.3 Å². The molecule has 2 aromatic heterocycles. The number of aromatic nitrogens is 3. The molecule has 1 fully saturated rings. The minimum atomic E-state index is -0.519. The van der Waals surface area contributed by atoms with E-state index >= 15 is 0 Å². The van der Waals surface area contributed by atoms with Crippen molar-refractivity contribution in [3.8, 4) is 11.3 Å². The minimum Gasteiger partial charge on any atom is -0.444 e. The zero-order valence-corrected chi connectivity index (χ0v) is 17.8. The summed E-state index contributed by atoms with van der Waals surface area (Å²) in [5.74, 6) is 0.769. The van der Waals surface area contributed by atoms with Crippen molar-refractivity contribution in [2.75, 3.05) is 6.61 Å². The summed E-state index contributed by atoms with van der Waals surface area (Å²) >= 11 is 0. The van der Waals surface area contributed by atoms with E-state index in [9.17, 15) is 9.90 Å². The number of hydrogen-bond acceptors (Lipinski definition) is 5. The lowest BCUT2D eigenvalue weighted by molar-refractivity contribution is 0.0523. The normalized spacial score (nSPS) is 18.4. The second kappa shape index (κ2) is 7.72. The van der Waals surface area contributed by atoms with Crippen molar-refractivity contribution in [2.24, 2.45) is 5.92 Å². The van der Waals surface area contributed by atoms with Crippen LogP contribution in [0.4, 0.5) is 4.79 Å². The summed E-state index contributed by atoms with van der Waals surface area (Å²) in [6.45, 7) is 8.18. The number of aliphatic hydroxyl groups is 1. The lowest BCUT2D eigenvalue weighted by Gasteiger charge is -2.20. The summed E-state index contributed by atoms with van der Waals surface area (Å²) in [6, 6.07) is 8.23.